The van der Waals surface area contributed by atoms with Gasteiger partial charge in [0.15, 0.2) is 0 Å². The maximum atomic E-state index is 12.0. The Bertz CT molecular complexity index is 405. The number of nitrogens with two attached hydrogens (primary N) is 2. The molecule has 0 aliphatic carbocycles. The van der Waals surface area contributed by atoms with Crippen LogP contribution >= 0.6 is 0 Å². The molecule has 0 radical (unpaired) electrons. The van der Waals surface area contributed by atoms with E-state index in [0.29, 0.717) is 39.3 Å². The van der Waals surface area contributed by atoms with Crippen LogP contribution in [0, 0.1) is 0 Å². The van der Waals surface area contributed by atoms with Gasteiger partial charge in [-0.3, -0.25) is 19.3 Å². The first-order valence-corrected chi connectivity index (χ1v) is 6.86. The lowest BCUT2D eigenvalue weighted by molar-refractivity contribution is -0.136. The predicted molar refractivity (Wildman–Crippen MR) is 78.0 cm³/mol. The van der Waals surface area contributed by atoms with Gasteiger partial charge in [-0.05, 0) is 0 Å². The van der Waals surface area contributed by atoms with Crippen molar-refractivity contribution in [1.82, 2.24) is 15.1 Å². The molecule has 1 aliphatic heterocycles. The van der Waals surface area contributed by atoms with E-state index in [0.717, 1.165) is 0 Å². The minimum atomic E-state index is -0.884. The van der Waals surface area contributed by atoms with Gasteiger partial charge in [0.25, 0.3) is 0 Å². The van der Waals surface area contributed by atoms with E-state index in [9.17, 15) is 14.4 Å². The maximum absolute atomic E-state index is 12.0. The first kappa shape index (κ1) is 17.1. The van der Waals surface area contributed by atoms with Crippen molar-refractivity contribution in [2.24, 2.45) is 11.5 Å². The first-order valence-electron chi connectivity index (χ1n) is 6.86. The molecule has 21 heavy (non-hydrogen) atoms. The molecule has 1 atom stereocenters. The van der Waals surface area contributed by atoms with Crippen molar-refractivity contribution in [3.63, 3.8) is 0 Å². The molecular weight excluding hydrogens is 274 g/mol. The highest BCUT2D eigenvalue weighted by Crippen LogP contribution is 2.04. The van der Waals surface area contributed by atoms with Crippen LogP contribution in [0.15, 0.2) is 12.7 Å². The number of piperazine rings is 1. The summed E-state index contributed by atoms with van der Waals surface area (Å²) in [5, 5.41) is 2.70. The van der Waals surface area contributed by atoms with Crippen molar-refractivity contribution < 1.29 is 14.4 Å². The van der Waals surface area contributed by atoms with Gasteiger partial charge in [0.05, 0.1) is 19.0 Å². The van der Waals surface area contributed by atoms with Gasteiger partial charge in [0, 0.05) is 32.7 Å². The smallest absolute Gasteiger partial charge is 0.240 e. The molecule has 5 N–H and O–H groups in total. The van der Waals surface area contributed by atoms with Crippen LogP contribution in [0.5, 0.6) is 0 Å². The molecule has 0 aromatic rings. The third-order valence-corrected chi connectivity index (χ3v) is 3.23. The SMILES string of the molecule is C=CCNC(=O)CN1CCN(C(=O)C(N)CC(N)=O)CC1. The molecule has 8 heteroatoms. The van der Waals surface area contributed by atoms with E-state index in [2.05, 4.69) is 11.9 Å². The molecule has 1 unspecified atom stereocenters. The second kappa shape index (κ2) is 8.38. The monoisotopic (exact) mass is 297 g/mol. The third-order valence-electron chi connectivity index (χ3n) is 3.23. The van der Waals surface area contributed by atoms with Crippen molar-refractivity contribution in [3.8, 4) is 0 Å². The van der Waals surface area contributed by atoms with Crippen LogP contribution in [0.3, 0.4) is 0 Å². The third kappa shape index (κ3) is 5.92. The molecule has 0 aromatic carbocycles. The topological polar surface area (TPSA) is 122 Å². The molecule has 0 aromatic heterocycles. The second-order valence-corrected chi connectivity index (χ2v) is 4.97. The van der Waals surface area contributed by atoms with Crippen molar-refractivity contribution in [2.75, 3.05) is 39.3 Å². The minimum Gasteiger partial charge on any atom is -0.370 e. The molecule has 1 saturated heterocycles. The Balaban J connectivity index is 2.34. The van der Waals surface area contributed by atoms with E-state index in [1.807, 2.05) is 4.90 Å². The highest BCUT2D eigenvalue weighted by atomic mass is 16.2. The van der Waals surface area contributed by atoms with Gasteiger partial charge in [-0.2, -0.15) is 0 Å². The number of primary amides is 1. The van der Waals surface area contributed by atoms with Crippen LogP contribution in [0.25, 0.3) is 0 Å². The molecule has 8 nitrogen and oxygen atoms in total. The summed E-state index contributed by atoms with van der Waals surface area (Å²) in [6.07, 6.45) is 1.47. The fourth-order valence-corrected chi connectivity index (χ4v) is 2.11. The summed E-state index contributed by atoms with van der Waals surface area (Å²) in [4.78, 5) is 37.9. The summed E-state index contributed by atoms with van der Waals surface area (Å²) < 4.78 is 0. The standard InChI is InChI=1S/C13H23N5O3/c1-2-3-16-12(20)9-17-4-6-18(7-5-17)13(21)10(14)8-11(15)19/h2,10H,1,3-9,14H2,(H2,15,19)(H,16,20). The molecule has 0 spiro atoms. The first-order chi connectivity index (χ1) is 9.93. The Morgan fingerprint density at radius 1 is 1.24 bits per heavy atom. The normalized spacial score (nSPS) is 17.1. The van der Waals surface area contributed by atoms with Crippen molar-refractivity contribution in [3.05, 3.63) is 12.7 Å². The number of hydrogen-bond donors (Lipinski definition) is 3. The molecule has 1 rings (SSSR count). The lowest BCUT2D eigenvalue weighted by Gasteiger charge is -2.35. The molecular formula is C13H23N5O3. The number of nitrogens with one attached hydrogen (secondary N) is 1. The molecule has 118 valence electrons. The van der Waals surface area contributed by atoms with Crippen molar-refractivity contribution >= 4 is 17.7 Å². The quantitative estimate of drug-likeness (QED) is 0.454. The van der Waals surface area contributed by atoms with E-state index in [1.54, 1.807) is 11.0 Å². The fraction of sp³-hybridized carbons (Fsp3) is 0.615. The Morgan fingerprint density at radius 2 is 1.86 bits per heavy atom. The molecule has 0 bridgehead atoms. The molecule has 0 saturated carbocycles. The molecule has 1 heterocycles. The van der Waals surface area contributed by atoms with E-state index in [-0.39, 0.29) is 18.2 Å². The minimum absolute atomic E-state index is 0.0693. The zero-order valence-electron chi connectivity index (χ0n) is 12.1. The Morgan fingerprint density at radius 3 is 2.38 bits per heavy atom. The number of hydrogen-bond acceptors (Lipinski definition) is 5. The zero-order valence-corrected chi connectivity index (χ0v) is 12.1. The summed E-state index contributed by atoms with van der Waals surface area (Å²) in [5.74, 6) is -0.932. The summed E-state index contributed by atoms with van der Waals surface area (Å²) >= 11 is 0. The van der Waals surface area contributed by atoms with Crippen LogP contribution in [-0.2, 0) is 14.4 Å². The average molecular weight is 297 g/mol. The summed E-state index contributed by atoms with van der Waals surface area (Å²) in [7, 11) is 0. The molecule has 1 fully saturated rings. The van der Waals surface area contributed by atoms with E-state index >= 15 is 0 Å². The summed E-state index contributed by atoms with van der Waals surface area (Å²) in [5.41, 5.74) is 10.7. The number of carbonyl (C=O) groups excluding carboxylic acids is 3. The van der Waals surface area contributed by atoms with Crippen LogP contribution < -0.4 is 16.8 Å². The highest BCUT2D eigenvalue weighted by molar-refractivity contribution is 5.87. The largest absolute Gasteiger partial charge is 0.370 e. The Kier molecular flexibility index (Phi) is 6.83. The lowest BCUT2D eigenvalue weighted by atomic mass is 10.1. The van der Waals surface area contributed by atoms with Crippen molar-refractivity contribution in [1.29, 1.82) is 0 Å². The lowest BCUT2D eigenvalue weighted by Crippen LogP contribution is -2.55. The predicted octanol–water partition coefficient (Wildman–Crippen LogP) is -2.36. The van der Waals surface area contributed by atoms with Crippen molar-refractivity contribution in [2.45, 2.75) is 12.5 Å². The van der Waals surface area contributed by atoms with Crippen LogP contribution in [-0.4, -0.2) is 72.8 Å². The van der Waals surface area contributed by atoms with Gasteiger partial charge >= 0.3 is 0 Å². The van der Waals surface area contributed by atoms with Gasteiger partial charge in [-0.1, -0.05) is 6.08 Å². The van der Waals surface area contributed by atoms with Gasteiger partial charge in [-0.25, -0.2) is 0 Å². The maximum Gasteiger partial charge on any atom is 0.240 e. The van der Waals surface area contributed by atoms with Crippen LogP contribution in [0.2, 0.25) is 0 Å². The van der Waals surface area contributed by atoms with Crippen LogP contribution in [0.1, 0.15) is 6.42 Å². The highest BCUT2D eigenvalue weighted by Gasteiger charge is 2.26. The number of amides is 3. The fourth-order valence-electron chi connectivity index (χ4n) is 2.11. The summed E-state index contributed by atoms with van der Waals surface area (Å²) in [6, 6.07) is -0.884. The Hall–Kier alpha value is -1.93. The molecule has 1 aliphatic rings. The molecule has 3 amide bonds. The number of carbonyl (C=O) groups is 3. The van der Waals surface area contributed by atoms with E-state index in [1.165, 1.54) is 0 Å². The number of rotatable bonds is 7. The van der Waals surface area contributed by atoms with Gasteiger partial charge in [0.2, 0.25) is 17.7 Å². The number of nitrogens with zero attached hydrogens (tertiary/aromatic N) is 2. The van der Waals surface area contributed by atoms with E-state index in [4.69, 9.17) is 11.5 Å². The van der Waals surface area contributed by atoms with Gasteiger partial charge in [0.1, 0.15) is 0 Å². The van der Waals surface area contributed by atoms with E-state index < -0.39 is 11.9 Å². The average Bonchev–Trinajstić information content (AvgIpc) is 2.44. The zero-order chi connectivity index (χ0) is 15.8. The Labute approximate surface area is 124 Å². The second-order valence-electron chi connectivity index (χ2n) is 4.97. The van der Waals surface area contributed by atoms with Crippen LogP contribution in [0.4, 0.5) is 0 Å². The van der Waals surface area contributed by atoms with Gasteiger partial charge in [-0.15, -0.1) is 6.58 Å². The van der Waals surface area contributed by atoms with Gasteiger partial charge < -0.3 is 21.7 Å². The summed E-state index contributed by atoms with van der Waals surface area (Å²) in [6.45, 7) is 6.43.